The van der Waals surface area contributed by atoms with E-state index in [4.69, 9.17) is 4.74 Å². The quantitative estimate of drug-likeness (QED) is 0.386. The maximum absolute atomic E-state index is 14.9. The zero-order valence-corrected chi connectivity index (χ0v) is 20.4. The number of hydrogen-bond donors (Lipinski definition) is 3. The predicted octanol–water partition coefficient (Wildman–Crippen LogP) is 2.05. The van der Waals surface area contributed by atoms with Crippen LogP contribution in [0.4, 0.5) is 20.8 Å². The molecule has 198 valence electrons. The number of carbonyl (C=O) groups is 3. The molecule has 0 aliphatic carbocycles. The molecule has 38 heavy (non-hydrogen) atoms. The molecular weight excluding hydrogens is 495 g/mol. The number of nitrogens with one attached hydrogen (secondary N) is 2. The summed E-state index contributed by atoms with van der Waals surface area (Å²) in [4.78, 5) is 48.5. The van der Waals surface area contributed by atoms with E-state index in [-0.39, 0.29) is 12.2 Å². The molecule has 1 atom stereocenters. The monoisotopic (exact) mass is 522 g/mol. The average Bonchev–Trinajstić information content (AvgIpc) is 2.95. The highest BCUT2D eigenvalue weighted by atomic mass is 19.1. The number of carboxylic acids is 1. The zero-order valence-electron chi connectivity index (χ0n) is 20.4. The molecule has 0 spiro atoms. The fourth-order valence-corrected chi connectivity index (χ4v) is 3.91. The number of amides is 2. The lowest BCUT2D eigenvalue weighted by molar-refractivity contribution is -0.139. The van der Waals surface area contributed by atoms with E-state index in [1.54, 1.807) is 42.7 Å². The fourth-order valence-electron chi connectivity index (χ4n) is 3.91. The van der Waals surface area contributed by atoms with E-state index in [0.29, 0.717) is 37.8 Å². The van der Waals surface area contributed by atoms with Crippen LogP contribution in [0.1, 0.15) is 15.9 Å². The van der Waals surface area contributed by atoms with Crippen molar-refractivity contribution >= 4 is 29.6 Å². The minimum absolute atomic E-state index is 0.0263. The van der Waals surface area contributed by atoms with Gasteiger partial charge in [0.2, 0.25) is 5.95 Å². The molecule has 1 aromatic heterocycles. The van der Waals surface area contributed by atoms with Crippen molar-refractivity contribution in [3.05, 3.63) is 83.9 Å². The van der Waals surface area contributed by atoms with Gasteiger partial charge in [-0.1, -0.05) is 30.3 Å². The summed E-state index contributed by atoms with van der Waals surface area (Å²) < 4.78 is 19.9. The lowest BCUT2D eigenvalue weighted by Gasteiger charge is -2.36. The van der Waals surface area contributed by atoms with Crippen molar-refractivity contribution in [2.75, 3.05) is 42.5 Å². The number of anilines is 2. The average molecular weight is 523 g/mol. The lowest BCUT2D eigenvalue weighted by atomic mass is 10.1. The van der Waals surface area contributed by atoms with Crippen LogP contribution < -0.4 is 20.4 Å². The summed E-state index contributed by atoms with van der Waals surface area (Å²) in [6.07, 6.45) is 2.40. The second-order valence-electron chi connectivity index (χ2n) is 8.50. The number of aliphatic carboxylic acids is 1. The van der Waals surface area contributed by atoms with Gasteiger partial charge in [0.1, 0.15) is 18.5 Å². The Hall–Kier alpha value is -4.74. The Labute approximate surface area is 218 Å². The molecule has 3 N–H and O–H groups in total. The van der Waals surface area contributed by atoms with Crippen LogP contribution in [0.15, 0.2) is 67.0 Å². The van der Waals surface area contributed by atoms with Crippen molar-refractivity contribution in [1.29, 1.82) is 0 Å². The number of piperazine rings is 1. The summed E-state index contributed by atoms with van der Waals surface area (Å²) >= 11 is 0. The number of halogens is 1. The van der Waals surface area contributed by atoms with Gasteiger partial charge in [-0.25, -0.2) is 23.9 Å². The van der Waals surface area contributed by atoms with Crippen molar-refractivity contribution in [2.24, 2.45) is 0 Å². The lowest BCUT2D eigenvalue weighted by Crippen LogP contribution is -2.48. The zero-order chi connectivity index (χ0) is 26.9. The number of carbonyl (C=O) groups excluding carboxylic acids is 2. The first kappa shape index (κ1) is 26.3. The van der Waals surface area contributed by atoms with Crippen LogP contribution >= 0.6 is 0 Å². The number of alkyl carbamates (subject to hydrolysis) is 1. The van der Waals surface area contributed by atoms with E-state index >= 15 is 0 Å². The Morgan fingerprint density at radius 1 is 0.974 bits per heavy atom. The van der Waals surface area contributed by atoms with Gasteiger partial charge in [0.05, 0.1) is 5.69 Å². The summed E-state index contributed by atoms with van der Waals surface area (Å²) in [6.45, 7) is 1.87. The van der Waals surface area contributed by atoms with E-state index in [9.17, 15) is 23.9 Å². The molecule has 0 radical (unpaired) electrons. The second kappa shape index (κ2) is 12.5. The molecule has 2 amide bonds. The Morgan fingerprint density at radius 3 is 2.32 bits per heavy atom. The standard InChI is InChI=1S/C26H27FN6O5/c27-20-15-19(7-8-22(20)32-11-13-33(14-12-32)25-28-9-4-10-29-25)23(34)30-16-21(24(35)36)31-26(37)38-17-18-5-2-1-3-6-18/h1-10,15,21H,11-14,16-17H2,(H,30,34)(H,31,37)(H,35,36)/t21-/m0/s1. The first-order valence-corrected chi connectivity index (χ1v) is 12.0. The molecule has 1 fully saturated rings. The summed E-state index contributed by atoms with van der Waals surface area (Å²) in [5.41, 5.74) is 1.13. The number of carboxylic acid groups (broad SMARTS) is 1. The SMILES string of the molecule is O=C(N[C@@H](CNC(=O)c1ccc(N2CCN(c3ncccn3)CC2)c(F)c1)C(=O)O)OCc1ccccc1. The number of ether oxygens (including phenoxy) is 1. The maximum Gasteiger partial charge on any atom is 0.408 e. The molecule has 4 rings (SSSR count). The summed E-state index contributed by atoms with van der Waals surface area (Å²) in [5.74, 6) is -1.98. The van der Waals surface area contributed by atoms with Crippen molar-refractivity contribution in [3.63, 3.8) is 0 Å². The number of aromatic nitrogens is 2. The van der Waals surface area contributed by atoms with Crippen molar-refractivity contribution in [3.8, 4) is 0 Å². The van der Waals surface area contributed by atoms with Gasteiger partial charge >= 0.3 is 12.1 Å². The second-order valence-corrected chi connectivity index (χ2v) is 8.50. The van der Waals surface area contributed by atoms with Gasteiger partial charge in [0.15, 0.2) is 0 Å². The molecule has 11 nitrogen and oxygen atoms in total. The third-order valence-electron chi connectivity index (χ3n) is 5.93. The number of benzene rings is 2. The number of rotatable bonds is 9. The first-order chi connectivity index (χ1) is 18.4. The van der Waals surface area contributed by atoms with Crippen molar-refractivity contribution < 1.29 is 28.6 Å². The van der Waals surface area contributed by atoms with Crippen LogP contribution in [-0.2, 0) is 16.1 Å². The number of nitrogens with zero attached hydrogens (tertiary/aromatic N) is 4. The molecule has 1 aliphatic rings. The normalized spacial score (nSPS) is 13.9. The van der Waals surface area contributed by atoms with Crippen molar-refractivity contribution in [1.82, 2.24) is 20.6 Å². The minimum atomic E-state index is -1.43. The van der Waals surface area contributed by atoms with Crippen LogP contribution in [0.25, 0.3) is 0 Å². The van der Waals surface area contributed by atoms with Gasteiger partial charge in [0.25, 0.3) is 5.91 Å². The largest absolute Gasteiger partial charge is 0.480 e. The fraction of sp³-hybridized carbons (Fsp3) is 0.269. The van der Waals surface area contributed by atoms with Gasteiger partial charge in [-0.05, 0) is 29.8 Å². The summed E-state index contributed by atoms with van der Waals surface area (Å²) in [7, 11) is 0. The Morgan fingerprint density at radius 2 is 1.66 bits per heavy atom. The Balaban J connectivity index is 1.28. The van der Waals surface area contributed by atoms with E-state index in [1.165, 1.54) is 12.1 Å². The highest BCUT2D eigenvalue weighted by molar-refractivity contribution is 5.95. The van der Waals surface area contributed by atoms with Crippen LogP contribution in [0.2, 0.25) is 0 Å². The molecule has 3 aromatic rings. The van der Waals surface area contributed by atoms with Gasteiger partial charge in [-0.15, -0.1) is 0 Å². The van der Waals surface area contributed by atoms with Crippen molar-refractivity contribution in [2.45, 2.75) is 12.6 Å². The Bertz CT molecular complexity index is 1260. The summed E-state index contributed by atoms with van der Waals surface area (Å²) in [5, 5.41) is 14.0. The van der Waals surface area contributed by atoms with Crippen LogP contribution in [0.3, 0.4) is 0 Å². The van der Waals surface area contributed by atoms with E-state index in [0.717, 1.165) is 11.6 Å². The highest BCUT2D eigenvalue weighted by Crippen LogP contribution is 2.23. The topological polar surface area (TPSA) is 137 Å². The molecule has 1 saturated heterocycles. The third kappa shape index (κ3) is 6.93. The molecule has 2 aromatic carbocycles. The van der Waals surface area contributed by atoms with Gasteiger partial charge < -0.3 is 30.3 Å². The van der Waals surface area contributed by atoms with Crippen LogP contribution in [0, 0.1) is 5.82 Å². The maximum atomic E-state index is 14.9. The summed E-state index contributed by atoms with van der Waals surface area (Å²) in [6, 6.07) is 13.3. The Kier molecular flexibility index (Phi) is 8.65. The molecule has 0 saturated carbocycles. The molecule has 1 aliphatic heterocycles. The smallest absolute Gasteiger partial charge is 0.408 e. The van der Waals surface area contributed by atoms with E-state index < -0.39 is 36.4 Å². The third-order valence-corrected chi connectivity index (χ3v) is 5.93. The van der Waals surface area contributed by atoms with Gasteiger partial charge in [-0.2, -0.15) is 0 Å². The van der Waals surface area contributed by atoms with Crippen LogP contribution in [-0.4, -0.2) is 71.8 Å². The van der Waals surface area contributed by atoms with Crippen LogP contribution in [0.5, 0.6) is 0 Å². The number of hydrogen-bond acceptors (Lipinski definition) is 8. The van der Waals surface area contributed by atoms with E-state index in [1.807, 2.05) is 15.9 Å². The molecular formula is C26H27FN6O5. The molecule has 0 unspecified atom stereocenters. The predicted molar refractivity (Wildman–Crippen MR) is 136 cm³/mol. The molecule has 0 bridgehead atoms. The van der Waals surface area contributed by atoms with Gasteiger partial charge in [0, 0.05) is 50.7 Å². The molecule has 12 heteroatoms. The highest BCUT2D eigenvalue weighted by Gasteiger charge is 2.24. The first-order valence-electron chi connectivity index (χ1n) is 12.0. The van der Waals surface area contributed by atoms with E-state index in [2.05, 4.69) is 20.6 Å². The van der Waals surface area contributed by atoms with Gasteiger partial charge in [-0.3, -0.25) is 4.79 Å². The minimum Gasteiger partial charge on any atom is -0.480 e. The molecule has 2 heterocycles.